The Morgan fingerprint density at radius 3 is 1.06 bits per heavy atom. The van der Waals surface area contributed by atoms with Crippen molar-refractivity contribution in [1.29, 1.82) is 0 Å². The van der Waals surface area contributed by atoms with E-state index in [1.807, 2.05) is 24.3 Å². The molecule has 0 heterocycles. The molecule has 0 saturated carbocycles. The Balaban J connectivity index is -0.000000149. The Morgan fingerprint density at radius 1 is 0.667 bits per heavy atom. The molecule has 0 radical (unpaired) electrons. The number of allylic oxidation sites excluding steroid dienone is 16. The molecule has 202 valence electrons. The average Bonchev–Trinajstić information content (AvgIpc) is 3.56. The van der Waals surface area contributed by atoms with E-state index in [1.165, 1.54) is 22.3 Å². The van der Waals surface area contributed by atoms with E-state index in [0.29, 0.717) is 11.8 Å². The van der Waals surface area contributed by atoms with Crippen LogP contribution in [0.1, 0.15) is 68.2 Å². The Labute approximate surface area is 274 Å². The molecule has 2 unspecified atom stereocenters. The first-order chi connectivity index (χ1) is 14.7. The van der Waals surface area contributed by atoms with Crippen molar-refractivity contribution in [2.75, 3.05) is 0 Å². The molecule has 36 heavy (non-hydrogen) atoms. The van der Waals surface area contributed by atoms with E-state index >= 15 is 0 Å². The predicted octanol–water partition coefficient (Wildman–Crippen LogP) is 4.49. The molecule has 0 amide bonds. The van der Waals surface area contributed by atoms with Crippen LogP contribution < -0.4 is 24.8 Å². The topological polar surface area (TPSA) is 0 Å². The number of hydrogen-bond acceptors (Lipinski definition) is 0. The van der Waals surface area contributed by atoms with Crippen LogP contribution in [0.3, 0.4) is 0 Å². The second-order valence-electron chi connectivity index (χ2n) is 8.21. The summed E-state index contributed by atoms with van der Waals surface area (Å²) in [5, 5.41) is 0. The van der Waals surface area contributed by atoms with Crippen LogP contribution in [0.25, 0.3) is 0 Å². The van der Waals surface area contributed by atoms with Crippen LogP contribution in [0.4, 0.5) is 0 Å². The zero-order chi connectivity index (χ0) is 23.6. The fourth-order valence-corrected chi connectivity index (χ4v) is 4.28. The molecule has 0 fully saturated rings. The summed E-state index contributed by atoms with van der Waals surface area (Å²) in [7, 11) is 9.87. The Hall–Kier alpha value is 0.846. The summed E-state index contributed by atoms with van der Waals surface area (Å²) < 4.78 is 0. The molecule has 6 heteroatoms. The van der Waals surface area contributed by atoms with Crippen molar-refractivity contribution in [2.45, 2.75) is 68.2 Å². The van der Waals surface area contributed by atoms with Gasteiger partial charge in [-0.2, -0.15) is 12.2 Å². The molecule has 0 aromatic heterocycles. The standard InChI is InChI=1S/C18H26.2C5H5.2CH3.4ClH.2Zr/c1-9-10(2)14(6)17(13(9)5)18-15(7)11(3)12(4)16(18)8;2*1-2-4-5-3-1;;;;;;;;/h13,15H,1-8H3;2*1-3H,4H2;2*1H3;4*1H;;/q;4*-1;;;;;2*+2/p-4. The molecule has 0 aromatic carbocycles. The van der Waals surface area contributed by atoms with Gasteiger partial charge in [-0.3, -0.25) is 12.2 Å². The number of rotatable bonds is 1. The van der Waals surface area contributed by atoms with E-state index in [2.05, 4.69) is 79.7 Å². The molecule has 0 nitrogen and oxygen atoms in total. The van der Waals surface area contributed by atoms with Crippen molar-refractivity contribution in [3.05, 3.63) is 108 Å². The Bertz CT molecular complexity index is 793. The first kappa shape index (κ1) is 46.7. The van der Waals surface area contributed by atoms with Gasteiger partial charge in [-0.1, -0.05) is 25.0 Å². The monoisotopic (exact) mass is 722 g/mol. The SMILES string of the molecule is CC1=C(C)C(C)C(C2=C(C)C(C)=C(C)C2C)=C1C.[C-]1=CC=CC1.[C-]1=CC=CC1.[CH3-].[CH3-].[Cl-].[Cl-].[Cl][Zr][Cl].[Zr+2]. The molecule has 0 spiro atoms. The molecule has 0 aliphatic heterocycles. The third-order valence-corrected chi connectivity index (χ3v) is 6.74. The number of halogens is 4. The molecule has 2 atom stereocenters. The molecule has 0 aromatic rings. The maximum Gasteiger partial charge on any atom is 2.00 e. The van der Waals surface area contributed by atoms with Gasteiger partial charge in [0.1, 0.15) is 0 Å². The van der Waals surface area contributed by atoms with Crippen LogP contribution in [-0.4, -0.2) is 0 Å². The van der Waals surface area contributed by atoms with E-state index in [9.17, 15) is 0 Å². The van der Waals surface area contributed by atoms with Crippen molar-refractivity contribution in [2.24, 2.45) is 11.8 Å². The van der Waals surface area contributed by atoms with Crippen LogP contribution in [0.2, 0.25) is 0 Å². The predicted molar refractivity (Wildman–Crippen MR) is 148 cm³/mol. The maximum absolute atomic E-state index is 4.93. The zero-order valence-electron chi connectivity index (χ0n) is 23.5. The quantitative estimate of drug-likeness (QED) is 0.350. The van der Waals surface area contributed by atoms with Crippen molar-refractivity contribution < 1.29 is 71.9 Å². The minimum Gasteiger partial charge on any atom is 2.00 e. The van der Waals surface area contributed by atoms with E-state index in [0.717, 1.165) is 12.8 Å². The van der Waals surface area contributed by atoms with Gasteiger partial charge in [0, 0.05) is 11.8 Å². The third-order valence-electron chi connectivity index (χ3n) is 6.74. The van der Waals surface area contributed by atoms with Crippen LogP contribution >= 0.6 is 17.0 Å². The summed E-state index contributed by atoms with van der Waals surface area (Å²) >= 11 is -0.826. The summed E-state index contributed by atoms with van der Waals surface area (Å²) in [5.41, 5.74) is 12.4. The summed E-state index contributed by atoms with van der Waals surface area (Å²) in [5.74, 6) is 1.19. The minimum atomic E-state index is -0.826. The molecular weight excluding hydrogens is 685 g/mol. The normalized spacial score (nSPS) is 19.9. The number of hydrogen-bond donors (Lipinski definition) is 0. The second-order valence-corrected chi connectivity index (χ2v) is 11.9. The van der Waals surface area contributed by atoms with Crippen LogP contribution in [0.15, 0.2) is 81.0 Å². The van der Waals surface area contributed by atoms with Crippen molar-refractivity contribution in [3.63, 3.8) is 0 Å². The molecule has 0 saturated heterocycles. The van der Waals surface area contributed by atoms with Crippen molar-refractivity contribution in [3.8, 4) is 0 Å². The summed E-state index contributed by atoms with van der Waals surface area (Å²) in [6.45, 7) is 18.5. The summed E-state index contributed by atoms with van der Waals surface area (Å²) in [6, 6.07) is 0. The summed E-state index contributed by atoms with van der Waals surface area (Å²) in [6.07, 6.45) is 20.0. The van der Waals surface area contributed by atoms with Crippen molar-refractivity contribution in [1.82, 2.24) is 0 Å². The Morgan fingerprint density at radius 2 is 0.944 bits per heavy atom. The van der Waals surface area contributed by atoms with E-state index in [4.69, 9.17) is 17.0 Å². The first-order valence-corrected chi connectivity index (χ1v) is 17.2. The van der Waals surface area contributed by atoms with Gasteiger partial charge in [-0.15, -0.1) is 12.8 Å². The van der Waals surface area contributed by atoms with E-state index < -0.39 is 20.8 Å². The largest absolute Gasteiger partial charge is 2.00 e. The fraction of sp³-hybridized carbons (Fsp3) is 0.400. The molecule has 4 rings (SSSR count). The molecule has 4 aliphatic rings. The van der Waals surface area contributed by atoms with Crippen molar-refractivity contribution >= 4 is 17.0 Å². The van der Waals surface area contributed by atoms with E-state index in [1.54, 1.807) is 22.3 Å². The van der Waals surface area contributed by atoms with Gasteiger partial charge in [0.2, 0.25) is 0 Å². The van der Waals surface area contributed by atoms with Gasteiger partial charge in [0.15, 0.2) is 0 Å². The zero-order valence-corrected chi connectivity index (χ0v) is 31.5. The van der Waals surface area contributed by atoms with Crippen LogP contribution in [0.5, 0.6) is 0 Å². The second kappa shape index (κ2) is 24.9. The Kier molecular flexibility index (Phi) is 32.2. The van der Waals surface area contributed by atoms with Gasteiger partial charge < -0.3 is 39.7 Å². The first-order valence-electron chi connectivity index (χ1n) is 10.9. The maximum atomic E-state index is 4.93. The van der Waals surface area contributed by atoms with Gasteiger partial charge in [-0.25, -0.2) is 24.3 Å². The molecule has 0 bridgehead atoms. The van der Waals surface area contributed by atoms with Gasteiger partial charge in [-0.05, 0) is 75.0 Å². The van der Waals surface area contributed by atoms with Gasteiger partial charge in [0.25, 0.3) is 0 Å². The van der Waals surface area contributed by atoms with Gasteiger partial charge >= 0.3 is 64.1 Å². The minimum absolute atomic E-state index is 0. The van der Waals surface area contributed by atoms with Gasteiger partial charge in [0.05, 0.1) is 0 Å². The average molecular weight is 727 g/mol. The molecule has 0 N–H and O–H groups in total. The van der Waals surface area contributed by atoms with Crippen LogP contribution in [0, 0.1) is 38.8 Å². The van der Waals surface area contributed by atoms with Crippen LogP contribution in [-0.2, 0) is 47.1 Å². The summed E-state index contributed by atoms with van der Waals surface area (Å²) in [4.78, 5) is 0. The fourth-order valence-electron chi connectivity index (χ4n) is 4.28. The molecule has 4 aliphatic carbocycles. The molecular formula is C30H42Cl4Zr2-4. The van der Waals surface area contributed by atoms with E-state index in [-0.39, 0.29) is 65.9 Å². The third kappa shape index (κ3) is 13.3. The smallest absolute Gasteiger partial charge is 2.00 e.